The Labute approximate surface area is 106 Å². The number of aliphatic carboxylic acids is 1. The fourth-order valence-corrected chi connectivity index (χ4v) is 4.00. The van der Waals surface area contributed by atoms with E-state index in [4.69, 9.17) is 10.4 Å². The molecule has 0 saturated heterocycles. The molecule has 17 heavy (non-hydrogen) atoms. The maximum absolute atomic E-state index is 10.8. The summed E-state index contributed by atoms with van der Waals surface area (Å²) < 4.78 is 2.22. The van der Waals surface area contributed by atoms with E-state index in [-0.39, 0.29) is 5.57 Å². The van der Waals surface area contributed by atoms with Gasteiger partial charge < -0.3 is 5.11 Å². The minimum absolute atomic E-state index is 0.223. The average molecular weight is 263 g/mol. The van der Waals surface area contributed by atoms with Crippen LogP contribution in [0.15, 0.2) is 11.6 Å². The highest BCUT2D eigenvalue weighted by Crippen LogP contribution is 2.38. The lowest BCUT2D eigenvalue weighted by Gasteiger charge is -1.93. The van der Waals surface area contributed by atoms with E-state index in [0.717, 1.165) is 19.8 Å². The first-order chi connectivity index (χ1) is 8.02. The van der Waals surface area contributed by atoms with Crippen molar-refractivity contribution in [3.8, 4) is 6.07 Å². The molecule has 0 saturated carbocycles. The molecule has 86 valence electrons. The molecule has 2 aromatic heterocycles. The normalized spacial score (nSPS) is 11.7. The van der Waals surface area contributed by atoms with Gasteiger partial charge in [0.05, 0.1) is 4.70 Å². The van der Waals surface area contributed by atoms with Crippen LogP contribution < -0.4 is 0 Å². The third kappa shape index (κ3) is 2.09. The zero-order valence-electron chi connectivity index (χ0n) is 9.27. The minimum atomic E-state index is -1.18. The molecule has 2 heterocycles. The van der Waals surface area contributed by atoms with Gasteiger partial charge in [0, 0.05) is 20.0 Å². The Morgan fingerprint density at radius 2 is 2.18 bits per heavy atom. The standard InChI is InChI=1S/C12H9NO2S2/c1-6-3-10-11(16-6)9(7(2)17-10)4-8(5-13)12(14)15/h3-4H,1-2H3,(H,14,15)/b8-4-. The van der Waals surface area contributed by atoms with Crippen molar-refractivity contribution in [1.29, 1.82) is 5.26 Å². The molecule has 0 amide bonds. The maximum atomic E-state index is 10.8. The molecular formula is C12H9NO2S2. The zero-order chi connectivity index (χ0) is 12.6. The number of carbonyl (C=O) groups is 1. The Hall–Kier alpha value is -1.64. The van der Waals surface area contributed by atoms with Crippen molar-refractivity contribution in [3.05, 3.63) is 27.0 Å². The van der Waals surface area contributed by atoms with E-state index in [0.29, 0.717) is 0 Å². The minimum Gasteiger partial charge on any atom is -0.477 e. The molecule has 0 aromatic carbocycles. The van der Waals surface area contributed by atoms with Crippen molar-refractivity contribution in [3.63, 3.8) is 0 Å². The predicted molar refractivity (Wildman–Crippen MR) is 70.4 cm³/mol. The van der Waals surface area contributed by atoms with Gasteiger partial charge in [0.15, 0.2) is 0 Å². The summed E-state index contributed by atoms with van der Waals surface area (Å²) in [6.07, 6.45) is 1.46. The van der Waals surface area contributed by atoms with Crippen LogP contribution in [0.4, 0.5) is 0 Å². The number of nitriles is 1. The summed E-state index contributed by atoms with van der Waals surface area (Å²) in [5.74, 6) is -1.18. The quantitative estimate of drug-likeness (QED) is 0.665. The van der Waals surface area contributed by atoms with Crippen molar-refractivity contribution in [2.75, 3.05) is 0 Å². The van der Waals surface area contributed by atoms with Crippen molar-refractivity contribution in [2.24, 2.45) is 0 Å². The van der Waals surface area contributed by atoms with E-state index in [1.165, 1.54) is 11.0 Å². The highest BCUT2D eigenvalue weighted by molar-refractivity contribution is 7.28. The van der Waals surface area contributed by atoms with Gasteiger partial charge in [0.25, 0.3) is 0 Å². The Morgan fingerprint density at radius 3 is 2.76 bits per heavy atom. The van der Waals surface area contributed by atoms with Crippen molar-refractivity contribution < 1.29 is 9.90 Å². The first-order valence-electron chi connectivity index (χ1n) is 4.87. The molecule has 0 aliphatic carbocycles. The smallest absolute Gasteiger partial charge is 0.346 e. The summed E-state index contributed by atoms with van der Waals surface area (Å²) in [7, 11) is 0. The summed E-state index contributed by atoms with van der Waals surface area (Å²) in [6, 6.07) is 3.79. The molecule has 3 nitrogen and oxygen atoms in total. The van der Waals surface area contributed by atoms with Crippen LogP contribution in [0.5, 0.6) is 0 Å². The van der Waals surface area contributed by atoms with Crippen LogP contribution in [0, 0.1) is 25.2 Å². The van der Waals surface area contributed by atoms with E-state index < -0.39 is 5.97 Å². The lowest BCUT2D eigenvalue weighted by molar-refractivity contribution is -0.132. The first-order valence-corrected chi connectivity index (χ1v) is 6.51. The number of nitrogens with zero attached hydrogens (tertiary/aromatic N) is 1. The molecule has 2 rings (SSSR count). The molecule has 0 radical (unpaired) electrons. The van der Waals surface area contributed by atoms with Crippen LogP contribution in [-0.4, -0.2) is 11.1 Å². The number of carboxylic acid groups (broad SMARTS) is 1. The average Bonchev–Trinajstić information content (AvgIpc) is 2.71. The predicted octanol–water partition coefficient (Wildman–Crippen LogP) is 3.57. The molecule has 1 N–H and O–H groups in total. The fourth-order valence-electron chi connectivity index (χ4n) is 1.59. The van der Waals surface area contributed by atoms with Gasteiger partial charge in [0.1, 0.15) is 11.6 Å². The zero-order valence-corrected chi connectivity index (χ0v) is 10.9. The largest absolute Gasteiger partial charge is 0.477 e. The molecule has 0 spiro atoms. The summed E-state index contributed by atoms with van der Waals surface area (Å²) in [6.45, 7) is 3.96. The van der Waals surface area contributed by atoms with Gasteiger partial charge in [-0.05, 0) is 26.0 Å². The van der Waals surface area contributed by atoms with E-state index in [1.807, 2.05) is 13.8 Å². The van der Waals surface area contributed by atoms with E-state index in [2.05, 4.69) is 6.07 Å². The second-order valence-electron chi connectivity index (χ2n) is 3.60. The second-order valence-corrected chi connectivity index (χ2v) is 6.11. The van der Waals surface area contributed by atoms with Crippen molar-refractivity contribution in [2.45, 2.75) is 13.8 Å². The number of hydrogen-bond donors (Lipinski definition) is 1. The summed E-state index contributed by atoms with van der Waals surface area (Å²) in [4.78, 5) is 13.1. The van der Waals surface area contributed by atoms with Crippen molar-refractivity contribution in [1.82, 2.24) is 0 Å². The Kier molecular flexibility index (Phi) is 3.01. The summed E-state index contributed by atoms with van der Waals surface area (Å²) in [5, 5.41) is 17.6. The molecule has 0 unspecified atom stereocenters. The van der Waals surface area contributed by atoms with Gasteiger partial charge in [-0.15, -0.1) is 22.7 Å². The van der Waals surface area contributed by atoms with Crippen LogP contribution in [-0.2, 0) is 4.79 Å². The number of aryl methyl sites for hydroxylation is 2. The highest BCUT2D eigenvalue weighted by Gasteiger charge is 2.13. The number of fused-ring (bicyclic) bond motifs is 1. The van der Waals surface area contributed by atoms with Crippen LogP contribution in [0.1, 0.15) is 15.3 Å². The third-order valence-electron chi connectivity index (χ3n) is 2.35. The Morgan fingerprint density at radius 1 is 1.47 bits per heavy atom. The maximum Gasteiger partial charge on any atom is 0.346 e. The Bertz CT molecular complexity index is 671. The van der Waals surface area contributed by atoms with Crippen LogP contribution in [0.2, 0.25) is 0 Å². The van der Waals surface area contributed by atoms with Crippen LogP contribution in [0.25, 0.3) is 15.5 Å². The van der Waals surface area contributed by atoms with Gasteiger partial charge >= 0.3 is 5.97 Å². The SMILES string of the molecule is Cc1cc2sc(C)c(/C=C(/C#N)C(=O)O)c2s1. The van der Waals surface area contributed by atoms with Gasteiger partial charge in [-0.2, -0.15) is 5.26 Å². The van der Waals surface area contributed by atoms with Crippen molar-refractivity contribution >= 4 is 44.1 Å². The van der Waals surface area contributed by atoms with E-state index in [9.17, 15) is 4.79 Å². The van der Waals surface area contributed by atoms with E-state index >= 15 is 0 Å². The number of thiophene rings is 2. The lowest BCUT2D eigenvalue weighted by atomic mass is 10.1. The van der Waals surface area contributed by atoms with Crippen LogP contribution in [0.3, 0.4) is 0 Å². The van der Waals surface area contributed by atoms with Gasteiger partial charge in [-0.1, -0.05) is 0 Å². The summed E-state index contributed by atoms with van der Waals surface area (Å²) in [5.41, 5.74) is 0.640. The van der Waals surface area contributed by atoms with Crippen LogP contribution >= 0.6 is 22.7 Å². The third-order valence-corrected chi connectivity index (χ3v) is 4.63. The molecule has 5 heteroatoms. The topological polar surface area (TPSA) is 61.1 Å². The Balaban J connectivity index is 2.66. The van der Waals surface area contributed by atoms with Gasteiger partial charge in [-0.3, -0.25) is 0 Å². The molecule has 0 aliphatic rings. The summed E-state index contributed by atoms with van der Waals surface area (Å²) >= 11 is 3.25. The molecule has 0 aliphatic heterocycles. The van der Waals surface area contributed by atoms with Gasteiger partial charge in [0.2, 0.25) is 0 Å². The molecule has 0 atom stereocenters. The number of hydrogen-bond acceptors (Lipinski definition) is 4. The monoisotopic (exact) mass is 263 g/mol. The molecule has 0 bridgehead atoms. The molecule has 2 aromatic rings. The molecule has 0 fully saturated rings. The lowest BCUT2D eigenvalue weighted by Crippen LogP contribution is -1.97. The second kappa shape index (κ2) is 4.32. The first kappa shape index (κ1) is 11.8. The van der Waals surface area contributed by atoms with Gasteiger partial charge in [-0.25, -0.2) is 4.79 Å². The molecular weight excluding hydrogens is 254 g/mol. The fraction of sp³-hybridized carbons (Fsp3) is 0.167. The number of rotatable bonds is 2. The van der Waals surface area contributed by atoms with E-state index in [1.54, 1.807) is 28.7 Å². The number of carboxylic acids is 1. The highest BCUT2D eigenvalue weighted by atomic mass is 32.1.